The number of hydrogen-bond donors (Lipinski definition) is 2. The van der Waals surface area contributed by atoms with Crippen LogP contribution in [0.25, 0.3) is 0 Å². The van der Waals surface area contributed by atoms with Crippen LogP contribution in [-0.4, -0.2) is 39.6 Å². The lowest BCUT2D eigenvalue weighted by molar-refractivity contribution is -0.128. The van der Waals surface area contributed by atoms with E-state index in [1.54, 1.807) is 27.7 Å². The largest absolute Gasteiger partial charge is 0.465 e. The Hall–Kier alpha value is -1.26. The van der Waals surface area contributed by atoms with Crippen LogP contribution in [0.5, 0.6) is 0 Å². The standard InChI is InChI=1S/C12H22N2O3/c1-8(10(15)13-9-6-5-7-9)14(11(16)17)12(2,3)4/h8-9H,5-7H2,1-4H3,(H,13,15)(H,16,17)/t8-/m1/s1. The van der Waals surface area contributed by atoms with Crippen LogP contribution in [0, 0.1) is 0 Å². The zero-order valence-electron chi connectivity index (χ0n) is 11.0. The highest BCUT2D eigenvalue weighted by Crippen LogP contribution is 2.20. The van der Waals surface area contributed by atoms with E-state index in [1.165, 1.54) is 4.90 Å². The second-order valence-corrected chi connectivity index (χ2v) is 5.64. The highest BCUT2D eigenvalue weighted by atomic mass is 16.4. The first-order valence-corrected chi connectivity index (χ1v) is 6.06. The summed E-state index contributed by atoms with van der Waals surface area (Å²) in [6.45, 7) is 6.99. The van der Waals surface area contributed by atoms with Gasteiger partial charge in [-0.25, -0.2) is 4.79 Å². The molecular weight excluding hydrogens is 220 g/mol. The van der Waals surface area contributed by atoms with E-state index >= 15 is 0 Å². The number of carbonyl (C=O) groups is 2. The molecule has 0 unspecified atom stereocenters. The van der Waals surface area contributed by atoms with Crippen LogP contribution in [-0.2, 0) is 4.79 Å². The minimum absolute atomic E-state index is 0.202. The molecule has 2 N–H and O–H groups in total. The molecule has 17 heavy (non-hydrogen) atoms. The van der Waals surface area contributed by atoms with E-state index in [4.69, 9.17) is 0 Å². The highest BCUT2D eigenvalue weighted by molar-refractivity contribution is 5.85. The summed E-state index contributed by atoms with van der Waals surface area (Å²) in [5.41, 5.74) is -0.581. The van der Waals surface area contributed by atoms with Gasteiger partial charge in [0.1, 0.15) is 6.04 Å². The molecule has 0 aliphatic heterocycles. The minimum Gasteiger partial charge on any atom is -0.465 e. The van der Waals surface area contributed by atoms with E-state index in [0.717, 1.165) is 19.3 Å². The van der Waals surface area contributed by atoms with Gasteiger partial charge in [0.2, 0.25) is 5.91 Å². The monoisotopic (exact) mass is 242 g/mol. The SMILES string of the molecule is C[C@H](C(=O)NC1CCC1)N(C(=O)O)C(C)(C)C. The number of rotatable bonds is 3. The zero-order valence-corrected chi connectivity index (χ0v) is 11.0. The number of nitrogens with zero attached hydrogens (tertiary/aromatic N) is 1. The van der Waals surface area contributed by atoms with Gasteiger partial charge in [0.15, 0.2) is 0 Å². The first-order chi connectivity index (χ1) is 7.73. The van der Waals surface area contributed by atoms with Crippen molar-refractivity contribution in [2.45, 2.75) is 64.6 Å². The van der Waals surface area contributed by atoms with Crippen LogP contribution in [0.1, 0.15) is 47.0 Å². The predicted molar refractivity (Wildman–Crippen MR) is 64.9 cm³/mol. The molecule has 0 aromatic heterocycles. The van der Waals surface area contributed by atoms with Gasteiger partial charge in [-0.05, 0) is 47.0 Å². The van der Waals surface area contributed by atoms with Crippen molar-refractivity contribution in [3.05, 3.63) is 0 Å². The van der Waals surface area contributed by atoms with Gasteiger partial charge in [0.05, 0.1) is 0 Å². The third kappa shape index (κ3) is 3.35. The smallest absolute Gasteiger partial charge is 0.408 e. The van der Waals surface area contributed by atoms with Crippen molar-refractivity contribution in [1.82, 2.24) is 10.2 Å². The van der Waals surface area contributed by atoms with Crippen LogP contribution in [0.4, 0.5) is 4.79 Å². The average molecular weight is 242 g/mol. The van der Waals surface area contributed by atoms with Crippen molar-refractivity contribution in [1.29, 1.82) is 0 Å². The summed E-state index contributed by atoms with van der Waals surface area (Å²) < 4.78 is 0. The van der Waals surface area contributed by atoms with Gasteiger partial charge in [-0.15, -0.1) is 0 Å². The molecule has 2 amide bonds. The minimum atomic E-state index is -1.06. The molecule has 98 valence electrons. The van der Waals surface area contributed by atoms with Crippen LogP contribution in [0.15, 0.2) is 0 Å². The molecule has 0 spiro atoms. The molecule has 0 saturated heterocycles. The molecule has 0 radical (unpaired) electrons. The Morgan fingerprint density at radius 3 is 2.18 bits per heavy atom. The van der Waals surface area contributed by atoms with Gasteiger partial charge in [0, 0.05) is 11.6 Å². The molecular formula is C12H22N2O3. The highest BCUT2D eigenvalue weighted by Gasteiger charge is 2.35. The van der Waals surface area contributed by atoms with Crippen molar-refractivity contribution < 1.29 is 14.7 Å². The van der Waals surface area contributed by atoms with Gasteiger partial charge >= 0.3 is 6.09 Å². The lowest BCUT2D eigenvalue weighted by Crippen LogP contribution is -2.57. The topological polar surface area (TPSA) is 69.6 Å². The van der Waals surface area contributed by atoms with Crippen LogP contribution < -0.4 is 5.32 Å². The molecule has 0 aromatic rings. The number of carbonyl (C=O) groups excluding carboxylic acids is 1. The van der Waals surface area contributed by atoms with E-state index in [2.05, 4.69) is 5.32 Å². The predicted octanol–water partition coefficient (Wildman–Crippen LogP) is 1.82. The van der Waals surface area contributed by atoms with Crippen molar-refractivity contribution in [2.75, 3.05) is 0 Å². The zero-order chi connectivity index (χ0) is 13.2. The van der Waals surface area contributed by atoms with Crippen molar-refractivity contribution in [3.8, 4) is 0 Å². The van der Waals surface area contributed by atoms with Gasteiger partial charge < -0.3 is 10.4 Å². The Morgan fingerprint density at radius 1 is 1.35 bits per heavy atom. The van der Waals surface area contributed by atoms with E-state index in [0.29, 0.717) is 0 Å². The van der Waals surface area contributed by atoms with Crippen LogP contribution >= 0.6 is 0 Å². The summed E-state index contributed by atoms with van der Waals surface area (Å²) in [6, 6.07) is -0.423. The molecule has 1 atom stereocenters. The van der Waals surface area contributed by atoms with Crippen LogP contribution in [0.3, 0.4) is 0 Å². The average Bonchev–Trinajstić information content (AvgIpc) is 2.07. The van der Waals surface area contributed by atoms with Crippen LogP contribution in [0.2, 0.25) is 0 Å². The Morgan fingerprint density at radius 2 is 1.88 bits per heavy atom. The lowest BCUT2D eigenvalue weighted by Gasteiger charge is -2.38. The summed E-state index contributed by atoms with van der Waals surface area (Å²) in [7, 11) is 0. The second kappa shape index (κ2) is 4.94. The molecule has 1 rings (SSSR count). The van der Waals surface area contributed by atoms with Gasteiger partial charge in [0.25, 0.3) is 0 Å². The van der Waals surface area contributed by atoms with Gasteiger partial charge in [-0.1, -0.05) is 0 Å². The summed E-state index contributed by atoms with van der Waals surface area (Å²) in [5.74, 6) is -0.202. The fourth-order valence-electron chi connectivity index (χ4n) is 2.03. The summed E-state index contributed by atoms with van der Waals surface area (Å²) in [4.78, 5) is 24.3. The molecule has 0 aromatic carbocycles. The summed E-state index contributed by atoms with van der Waals surface area (Å²) in [5, 5.41) is 12.1. The third-order valence-electron chi connectivity index (χ3n) is 3.15. The maximum absolute atomic E-state index is 11.9. The van der Waals surface area contributed by atoms with Crippen molar-refractivity contribution in [3.63, 3.8) is 0 Å². The maximum atomic E-state index is 11.9. The molecule has 5 heteroatoms. The number of hydrogen-bond acceptors (Lipinski definition) is 2. The Balaban J connectivity index is 2.66. The lowest BCUT2D eigenvalue weighted by atomic mass is 9.93. The molecule has 1 aliphatic rings. The van der Waals surface area contributed by atoms with Gasteiger partial charge in [-0.3, -0.25) is 9.69 Å². The Kier molecular flexibility index (Phi) is 4.01. The number of carboxylic acid groups (broad SMARTS) is 1. The van der Waals surface area contributed by atoms with E-state index in [9.17, 15) is 14.7 Å². The summed E-state index contributed by atoms with van der Waals surface area (Å²) >= 11 is 0. The van der Waals surface area contributed by atoms with Crippen molar-refractivity contribution >= 4 is 12.0 Å². The first-order valence-electron chi connectivity index (χ1n) is 6.06. The molecule has 5 nitrogen and oxygen atoms in total. The summed E-state index contributed by atoms with van der Waals surface area (Å²) in [6.07, 6.45) is 2.08. The van der Waals surface area contributed by atoms with Gasteiger partial charge in [-0.2, -0.15) is 0 Å². The molecule has 0 bridgehead atoms. The van der Waals surface area contributed by atoms with E-state index in [-0.39, 0.29) is 11.9 Å². The maximum Gasteiger partial charge on any atom is 0.408 e. The number of nitrogens with one attached hydrogen (secondary N) is 1. The fraction of sp³-hybridized carbons (Fsp3) is 0.833. The van der Waals surface area contributed by atoms with E-state index in [1.807, 2.05) is 0 Å². The quantitative estimate of drug-likeness (QED) is 0.793. The molecule has 1 fully saturated rings. The van der Waals surface area contributed by atoms with E-state index < -0.39 is 17.7 Å². The normalized spacial score (nSPS) is 18.1. The first kappa shape index (κ1) is 13.8. The fourth-order valence-corrected chi connectivity index (χ4v) is 2.03. The Labute approximate surface area is 102 Å². The second-order valence-electron chi connectivity index (χ2n) is 5.64. The van der Waals surface area contributed by atoms with Crippen molar-refractivity contribution in [2.24, 2.45) is 0 Å². The molecule has 0 heterocycles. The third-order valence-corrected chi connectivity index (χ3v) is 3.15. The molecule has 1 aliphatic carbocycles. The molecule has 1 saturated carbocycles. The Bertz CT molecular complexity index is 305. The number of amides is 2.